The van der Waals surface area contributed by atoms with Crippen LogP contribution < -0.4 is 0 Å². The van der Waals surface area contributed by atoms with Crippen LogP contribution >= 0.6 is 0 Å². The number of furan rings is 1. The van der Waals surface area contributed by atoms with Crippen LogP contribution in [-0.4, -0.2) is 74.1 Å². The molecule has 0 saturated carbocycles. The molecular weight excluding hydrogens is 336 g/mol. The summed E-state index contributed by atoms with van der Waals surface area (Å²) < 4.78 is 35.9. The molecule has 1 N–H and O–H groups in total. The molecule has 0 unspecified atom stereocenters. The lowest BCUT2D eigenvalue weighted by molar-refractivity contribution is 0.0303. The quantitative estimate of drug-likeness (QED) is 0.851. The minimum Gasteiger partial charge on any atom is -0.442 e. The third kappa shape index (κ3) is 2.95. The maximum Gasteiger partial charge on any atom is 0.275 e. The van der Waals surface area contributed by atoms with Gasteiger partial charge in [-0.15, -0.1) is 0 Å². The first kappa shape index (κ1) is 16.7. The second-order valence-corrected chi connectivity index (χ2v) is 7.55. The van der Waals surface area contributed by atoms with Crippen molar-refractivity contribution in [1.82, 2.24) is 19.4 Å². The smallest absolute Gasteiger partial charge is 0.275 e. The number of morpholine rings is 1. The van der Waals surface area contributed by atoms with E-state index in [9.17, 15) is 13.2 Å². The number of hydrogen-bond acceptors (Lipinski definition) is 6. The van der Waals surface area contributed by atoms with Crippen molar-refractivity contribution in [3.05, 3.63) is 23.9 Å². The molecule has 2 aromatic rings. The Bertz CT molecular complexity index is 833. The summed E-state index contributed by atoms with van der Waals surface area (Å²) >= 11 is 0. The Morgan fingerprint density at radius 3 is 2.67 bits per heavy atom. The molecule has 0 spiro atoms. The zero-order chi connectivity index (χ0) is 17.3. The normalized spacial score (nSPS) is 15.9. The Labute approximate surface area is 139 Å². The maximum atomic E-state index is 12.6. The zero-order valence-corrected chi connectivity index (χ0v) is 14.2. The Morgan fingerprint density at radius 2 is 2.00 bits per heavy atom. The van der Waals surface area contributed by atoms with Gasteiger partial charge in [-0.2, -0.15) is 5.10 Å². The fraction of sp³-hybridized carbons (Fsp3) is 0.429. The molecule has 3 heterocycles. The second-order valence-electron chi connectivity index (χ2n) is 5.47. The minimum atomic E-state index is -3.68. The minimum absolute atomic E-state index is 0.193. The first-order valence-electron chi connectivity index (χ1n) is 7.34. The van der Waals surface area contributed by atoms with Crippen LogP contribution in [0.1, 0.15) is 10.4 Å². The van der Waals surface area contributed by atoms with Gasteiger partial charge in [-0.05, 0) is 12.1 Å². The molecule has 1 amide bonds. The van der Waals surface area contributed by atoms with Crippen molar-refractivity contribution in [3.8, 4) is 11.5 Å². The summed E-state index contributed by atoms with van der Waals surface area (Å²) in [6, 6.07) is 2.86. The molecule has 0 bridgehead atoms. The highest BCUT2D eigenvalue weighted by Crippen LogP contribution is 2.27. The van der Waals surface area contributed by atoms with Crippen LogP contribution in [0.25, 0.3) is 11.5 Å². The summed E-state index contributed by atoms with van der Waals surface area (Å²) in [5.41, 5.74) is 0.687. The molecule has 9 nitrogen and oxygen atoms in total. The number of carbonyl (C=O) groups is 1. The maximum absolute atomic E-state index is 12.6. The van der Waals surface area contributed by atoms with Crippen LogP contribution in [0.5, 0.6) is 0 Å². The molecular formula is C14H18N4O5S. The monoisotopic (exact) mass is 354 g/mol. The van der Waals surface area contributed by atoms with Crippen LogP contribution in [0, 0.1) is 0 Å². The van der Waals surface area contributed by atoms with E-state index in [1.807, 2.05) is 0 Å². The van der Waals surface area contributed by atoms with Gasteiger partial charge in [-0.3, -0.25) is 9.89 Å². The number of carbonyl (C=O) groups excluding carboxylic acids is 1. The summed E-state index contributed by atoms with van der Waals surface area (Å²) in [5, 5.41) is 6.41. The lowest BCUT2D eigenvalue weighted by atomic mass is 10.2. The van der Waals surface area contributed by atoms with Crippen molar-refractivity contribution in [3.63, 3.8) is 0 Å². The largest absolute Gasteiger partial charge is 0.442 e. The molecule has 0 aliphatic carbocycles. The third-order valence-electron chi connectivity index (χ3n) is 3.73. The van der Waals surface area contributed by atoms with E-state index < -0.39 is 10.0 Å². The van der Waals surface area contributed by atoms with E-state index in [1.165, 1.54) is 32.4 Å². The van der Waals surface area contributed by atoms with E-state index >= 15 is 0 Å². The molecule has 1 aliphatic rings. The molecule has 1 fully saturated rings. The van der Waals surface area contributed by atoms with Gasteiger partial charge in [-0.1, -0.05) is 0 Å². The Morgan fingerprint density at radius 1 is 1.29 bits per heavy atom. The van der Waals surface area contributed by atoms with Crippen molar-refractivity contribution in [2.45, 2.75) is 5.09 Å². The van der Waals surface area contributed by atoms with Gasteiger partial charge >= 0.3 is 0 Å². The molecule has 130 valence electrons. The number of H-pyrrole nitrogens is 1. The van der Waals surface area contributed by atoms with Crippen LogP contribution in [0.15, 0.2) is 27.8 Å². The number of sulfonamides is 1. The number of hydrogen-bond donors (Lipinski definition) is 1. The number of nitrogens with zero attached hydrogens (tertiary/aromatic N) is 3. The summed E-state index contributed by atoms with van der Waals surface area (Å²) in [7, 11) is -0.845. The molecule has 0 aromatic carbocycles. The van der Waals surface area contributed by atoms with Gasteiger partial charge in [0.15, 0.2) is 5.76 Å². The average Bonchev–Trinajstić information content (AvgIpc) is 3.23. The molecule has 1 aliphatic heterocycles. The summed E-state index contributed by atoms with van der Waals surface area (Å²) in [6.07, 6.45) is 1.41. The second kappa shape index (κ2) is 6.38. The van der Waals surface area contributed by atoms with Gasteiger partial charge in [0.05, 0.1) is 25.0 Å². The summed E-state index contributed by atoms with van der Waals surface area (Å²) in [6.45, 7) is 1.99. The first-order chi connectivity index (χ1) is 11.4. The van der Waals surface area contributed by atoms with Crippen LogP contribution in [0.2, 0.25) is 0 Å². The highest BCUT2D eigenvalue weighted by molar-refractivity contribution is 7.88. The van der Waals surface area contributed by atoms with Gasteiger partial charge in [0.25, 0.3) is 15.9 Å². The zero-order valence-electron chi connectivity index (χ0n) is 13.4. The van der Waals surface area contributed by atoms with Crippen molar-refractivity contribution >= 4 is 15.9 Å². The number of ether oxygens (including phenoxy) is 1. The molecule has 2 aromatic heterocycles. The summed E-state index contributed by atoms with van der Waals surface area (Å²) in [5.74, 6) is 0.0417. The predicted octanol–water partition coefficient (Wildman–Crippen LogP) is 0.392. The topological polar surface area (TPSA) is 109 Å². The Kier molecular flexibility index (Phi) is 4.43. The van der Waals surface area contributed by atoms with Crippen molar-refractivity contribution in [2.75, 3.05) is 40.4 Å². The highest BCUT2D eigenvalue weighted by atomic mass is 32.2. The van der Waals surface area contributed by atoms with Crippen LogP contribution in [0.3, 0.4) is 0 Å². The van der Waals surface area contributed by atoms with Crippen LogP contribution in [-0.2, 0) is 14.8 Å². The van der Waals surface area contributed by atoms with Crippen molar-refractivity contribution in [2.24, 2.45) is 0 Å². The molecule has 3 rings (SSSR count). The number of aromatic nitrogens is 2. The average molecular weight is 354 g/mol. The first-order valence-corrected chi connectivity index (χ1v) is 8.78. The fourth-order valence-electron chi connectivity index (χ4n) is 2.35. The van der Waals surface area contributed by atoms with E-state index in [-0.39, 0.29) is 16.8 Å². The summed E-state index contributed by atoms with van der Waals surface area (Å²) in [4.78, 5) is 14.3. The van der Waals surface area contributed by atoms with E-state index in [1.54, 1.807) is 4.90 Å². The van der Waals surface area contributed by atoms with E-state index in [4.69, 9.17) is 9.15 Å². The third-order valence-corrected chi connectivity index (χ3v) is 5.42. The van der Waals surface area contributed by atoms with E-state index in [2.05, 4.69) is 10.2 Å². The molecule has 0 radical (unpaired) electrons. The lowest BCUT2D eigenvalue weighted by Crippen LogP contribution is -2.40. The highest BCUT2D eigenvalue weighted by Gasteiger charge is 2.26. The molecule has 1 saturated heterocycles. The van der Waals surface area contributed by atoms with Gasteiger partial charge in [0.1, 0.15) is 5.69 Å². The fourth-order valence-corrected chi connectivity index (χ4v) is 3.14. The number of rotatable bonds is 4. The van der Waals surface area contributed by atoms with Crippen molar-refractivity contribution in [1.29, 1.82) is 0 Å². The van der Waals surface area contributed by atoms with E-state index in [0.717, 1.165) is 4.31 Å². The SMILES string of the molecule is CN(C)S(=O)(=O)c1ccc(-c2[nH]ncc2C(=O)N2CCOCC2)o1. The Balaban J connectivity index is 1.91. The van der Waals surface area contributed by atoms with Gasteiger partial charge in [0.2, 0.25) is 5.09 Å². The predicted molar refractivity (Wildman–Crippen MR) is 83.9 cm³/mol. The molecule has 0 atom stereocenters. The van der Waals surface area contributed by atoms with Crippen LogP contribution in [0.4, 0.5) is 0 Å². The van der Waals surface area contributed by atoms with Gasteiger partial charge < -0.3 is 14.1 Å². The Hall–Kier alpha value is -2.17. The molecule has 24 heavy (non-hydrogen) atoms. The standard InChI is InChI=1S/C14H18N4O5S/c1-17(2)24(20,21)12-4-3-11(23-12)13-10(9-15-16-13)14(19)18-5-7-22-8-6-18/h3-4,9H,5-8H2,1-2H3,(H,15,16). The van der Waals surface area contributed by atoms with Gasteiger partial charge in [0, 0.05) is 27.2 Å². The lowest BCUT2D eigenvalue weighted by Gasteiger charge is -2.26. The van der Waals surface area contributed by atoms with E-state index in [0.29, 0.717) is 37.6 Å². The number of aromatic amines is 1. The number of nitrogens with one attached hydrogen (secondary N) is 1. The van der Waals surface area contributed by atoms with Gasteiger partial charge in [-0.25, -0.2) is 12.7 Å². The van der Waals surface area contributed by atoms with Crippen molar-refractivity contribution < 1.29 is 22.4 Å². The molecule has 10 heteroatoms. The number of amides is 1.